The molecule has 0 aromatic carbocycles. The summed E-state index contributed by atoms with van der Waals surface area (Å²) >= 11 is 0. The van der Waals surface area contributed by atoms with Crippen LogP contribution in [0.3, 0.4) is 0 Å². The average Bonchev–Trinajstić information content (AvgIpc) is 3.10. The second-order valence-corrected chi connectivity index (χ2v) is 7.63. The van der Waals surface area contributed by atoms with Crippen LogP contribution in [-0.4, -0.2) is 57.9 Å². The van der Waals surface area contributed by atoms with Crippen LogP contribution in [-0.2, 0) is 4.79 Å². The highest BCUT2D eigenvalue weighted by molar-refractivity contribution is 6.40. The van der Waals surface area contributed by atoms with Gasteiger partial charge < -0.3 is 20.5 Å². The molecule has 0 spiro atoms. The summed E-state index contributed by atoms with van der Waals surface area (Å²) in [4.78, 5) is 14.2. The molecule has 2 saturated heterocycles. The number of rotatable bonds is 7. The van der Waals surface area contributed by atoms with Crippen molar-refractivity contribution >= 4 is 13.1 Å². The van der Waals surface area contributed by atoms with Crippen LogP contribution in [0.4, 0.5) is 0 Å². The summed E-state index contributed by atoms with van der Waals surface area (Å²) in [6, 6.07) is 1.46. The Kier molecular flexibility index (Phi) is 5.62. The molecule has 6 nitrogen and oxygen atoms in total. The van der Waals surface area contributed by atoms with Crippen molar-refractivity contribution in [1.29, 1.82) is 0 Å². The van der Waals surface area contributed by atoms with Crippen molar-refractivity contribution in [2.45, 2.75) is 75.8 Å². The fourth-order valence-corrected chi connectivity index (χ4v) is 4.92. The number of fused-ring (bicyclic) bond motifs is 2. The molecule has 2 aliphatic heterocycles. The normalized spacial score (nSPS) is 37.2. The van der Waals surface area contributed by atoms with Crippen LogP contribution < -0.4 is 5.32 Å². The van der Waals surface area contributed by atoms with E-state index in [-0.39, 0.29) is 12.0 Å². The molecular weight excluding hydrogens is 295 g/mol. The van der Waals surface area contributed by atoms with Crippen LogP contribution in [0, 0.1) is 11.8 Å². The quantitative estimate of drug-likeness (QED) is 0.520. The standard InChI is InChI=1S/C16H29BN2O4/c20-16(21)14-9-11(7-8-17(22)23)1-6-15(14)18-10-19-12-2-3-13(19)5-4-12/h11-15,18,22-23H,1-10H2,(H,20,21). The first-order valence-electron chi connectivity index (χ1n) is 9.12. The third kappa shape index (κ3) is 4.07. The van der Waals surface area contributed by atoms with Gasteiger partial charge in [0, 0.05) is 24.8 Å². The highest BCUT2D eigenvalue weighted by Crippen LogP contribution is 2.37. The van der Waals surface area contributed by atoms with Crippen LogP contribution in [0.5, 0.6) is 0 Å². The van der Waals surface area contributed by atoms with E-state index in [4.69, 9.17) is 10.0 Å². The second-order valence-electron chi connectivity index (χ2n) is 7.63. The zero-order valence-electron chi connectivity index (χ0n) is 13.7. The van der Waals surface area contributed by atoms with Gasteiger partial charge in [0.1, 0.15) is 0 Å². The molecule has 0 amide bonds. The first kappa shape index (κ1) is 17.2. The zero-order valence-corrected chi connectivity index (χ0v) is 13.7. The molecule has 3 aliphatic rings. The van der Waals surface area contributed by atoms with E-state index in [1.165, 1.54) is 25.7 Å². The number of nitrogens with zero attached hydrogens (tertiary/aromatic N) is 1. The summed E-state index contributed by atoms with van der Waals surface area (Å²) in [5.74, 6) is -0.787. The third-order valence-electron chi connectivity index (χ3n) is 6.25. The minimum atomic E-state index is -1.28. The summed E-state index contributed by atoms with van der Waals surface area (Å²) in [7, 11) is -1.28. The van der Waals surface area contributed by atoms with Crippen molar-refractivity contribution in [3.05, 3.63) is 0 Å². The minimum absolute atomic E-state index is 0.0443. The molecular formula is C16H29BN2O4. The molecule has 7 heteroatoms. The molecule has 3 atom stereocenters. The van der Waals surface area contributed by atoms with E-state index in [2.05, 4.69) is 10.2 Å². The number of aliphatic carboxylic acids is 1. The summed E-state index contributed by atoms with van der Waals surface area (Å²) in [5, 5.41) is 31.1. The fraction of sp³-hybridized carbons (Fsp3) is 0.938. The lowest BCUT2D eigenvalue weighted by Crippen LogP contribution is -2.49. The lowest BCUT2D eigenvalue weighted by atomic mass is 9.72. The predicted molar refractivity (Wildman–Crippen MR) is 87.8 cm³/mol. The molecule has 4 N–H and O–H groups in total. The number of carboxylic acids is 1. The van der Waals surface area contributed by atoms with Crippen molar-refractivity contribution in [3.63, 3.8) is 0 Å². The van der Waals surface area contributed by atoms with Gasteiger partial charge in [-0.05, 0) is 57.2 Å². The van der Waals surface area contributed by atoms with Gasteiger partial charge in [0.05, 0.1) is 5.92 Å². The number of carboxylic acid groups (broad SMARTS) is 1. The van der Waals surface area contributed by atoms with Gasteiger partial charge in [-0.2, -0.15) is 0 Å². The van der Waals surface area contributed by atoms with Gasteiger partial charge in [0.2, 0.25) is 0 Å². The van der Waals surface area contributed by atoms with E-state index in [0.29, 0.717) is 37.2 Å². The first-order valence-corrected chi connectivity index (χ1v) is 9.12. The Hall–Kier alpha value is -0.625. The van der Waals surface area contributed by atoms with Gasteiger partial charge in [-0.3, -0.25) is 9.69 Å². The summed E-state index contributed by atoms with van der Waals surface area (Å²) in [6.45, 7) is 0.823. The summed E-state index contributed by atoms with van der Waals surface area (Å²) < 4.78 is 0. The summed E-state index contributed by atoms with van der Waals surface area (Å²) in [5.41, 5.74) is 0. The number of carbonyl (C=O) groups is 1. The number of hydrogen-bond acceptors (Lipinski definition) is 5. The van der Waals surface area contributed by atoms with Crippen LogP contribution in [0.2, 0.25) is 6.32 Å². The van der Waals surface area contributed by atoms with E-state index < -0.39 is 13.1 Å². The van der Waals surface area contributed by atoms with Crippen molar-refractivity contribution < 1.29 is 19.9 Å². The Balaban J connectivity index is 1.49. The molecule has 2 heterocycles. The van der Waals surface area contributed by atoms with Crippen LogP contribution in [0.25, 0.3) is 0 Å². The van der Waals surface area contributed by atoms with Crippen LogP contribution >= 0.6 is 0 Å². The average molecular weight is 324 g/mol. The van der Waals surface area contributed by atoms with Crippen LogP contribution in [0.1, 0.15) is 51.4 Å². The number of hydrogen-bond donors (Lipinski definition) is 4. The largest absolute Gasteiger partial charge is 0.481 e. The molecule has 23 heavy (non-hydrogen) atoms. The smallest absolute Gasteiger partial charge is 0.451 e. The Morgan fingerprint density at radius 2 is 1.74 bits per heavy atom. The molecule has 3 fully saturated rings. The van der Waals surface area contributed by atoms with Crippen LogP contribution in [0.15, 0.2) is 0 Å². The maximum atomic E-state index is 11.6. The molecule has 0 aromatic rings. The molecule has 1 aliphatic carbocycles. The van der Waals surface area contributed by atoms with E-state index in [0.717, 1.165) is 19.5 Å². The Morgan fingerprint density at radius 1 is 1.09 bits per heavy atom. The second kappa shape index (κ2) is 7.51. The topological polar surface area (TPSA) is 93.0 Å². The fourth-order valence-electron chi connectivity index (χ4n) is 4.92. The van der Waals surface area contributed by atoms with E-state index in [1.54, 1.807) is 0 Å². The van der Waals surface area contributed by atoms with Gasteiger partial charge in [-0.15, -0.1) is 0 Å². The molecule has 1 saturated carbocycles. The van der Waals surface area contributed by atoms with E-state index in [9.17, 15) is 9.90 Å². The van der Waals surface area contributed by atoms with Crippen molar-refractivity contribution in [3.8, 4) is 0 Å². The monoisotopic (exact) mass is 324 g/mol. The van der Waals surface area contributed by atoms with Gasteiger partial charge >= 0.3 is 13.1 Å². The molecule has 0 aromatic heterocycles. The highest BCUT2D eigenvalue weighted by Gasteiger charge is 2.40. The van der Waals surface area contributed by atoms with E-state index >= 15 is 0 Å². The number of nitrogens with one attached hydrogen (secondary N) is 1. The van der Waals surface area contributed by atoms with Crippen molar-refractivity contribution in [1.82, 2.24) is 10.2 Å². The summed E-state index contributed by atoms with van der Waals surface area (Å²) in [6.07, 6.45) is 8.71. The highest BCUT2D eigenvalue weighted by atomic mass is 16.4. The first-order chi connectivity index (χ1) is 11.0. The third-order valence-corrected chi connectivity index (χ3v) is 6.25. The lowest BCUT2D eigenvalue weighted by molar-refractivity contribution is -0.144. The molecule has 2 bridgehead atoms. The maximum Gasteiger partial charge on any atom is 0.451 e. The van der Waals surface area contributed by atoms with Gasteiger partial charge in [-0.25, -0.2) is 0 Å². The van der Waals surface area contributed by atoms with Crippen molar-refractivity contribution in [2.75, 3.05) is 6.67 Å². The maximum absolute atomic E-state index is 11.6. The molecule has 3 rings (SSSR count). The predicted octanol–water partition coefficient (Wildman–Crippen LogP) is 0.893. The molecule has 130 valence electrons. The van der Waals surface area contributed by atoms with Crippen molar-refractivity contribution in [2.24, 2.45) is 11.8 Å². The minimum Gasteiger partial charge on any atom is -0.481 e. The zero-order chi connectivity index (χ0) is 16.4. The van der Waals surface area contributed by atoms with Gasteiger partial charge in [-0.1, -0.05) is 6.42 Å². The molecule has 3 unspecified atom stereocenters. The SMILES string of the molecule is O=C(O)C1CC(CCB(O)O)CCC1NCN1C2CCC1CC2. The van der Waals surface area contributed by atoms with Gasteiger partial charge in [0.25, 0.3) is 0 Å². The Labute approximate surface area is 138 Å². The Bertz CT molecular complexity index is 403. The molecule has 0 radical (unpaired) electrons. The lowest BCUT2D eigenvalue weighted by Gasteiger charge is -2.36. The van der Waals surface area contributed by atoms with Gasteiger partial charge in [0.15, 0.2) is 0 Å². The Morgan fingerprint density at radius 3 is 2.30 bits per heavy atom. The van der Waals surface area contributed by atoms with E-state index in [1.807, 2.05) is 0 Å².